The molecule has 0 bridgehead atoms. The molecule has 0 spiro atoms. The van der Waals surface area contributed by atoms with Crippen LogP contribution >= 0.6 is 0 Å². The summed E-state index contributed by atoms with van der Waals surface area (Å²) in [6, 6.07) is 22.5. The summed E-state index contributed by atoms with van der Waals surface area (Å²) in [5, 5.41) is 5.78. The molecule has 0 aromatic heterocycles. The Labute approximate surface area is 193 Å². The minimum Gasteiger partial charge on any atom is -0.348 e. The first-order valence-electron chi connectivity index (χ1n) is 11.0. The van der Waals surface area contributed by atoms with Gasteiger partial charge in [-0.25, -0.2) is 0 Å². The van der Waals surface area contributed by atoms with Gasteiger partial charge in [0.2, 0.25) is 11.8 Å². The normalized spacial score (nSPS) is 15.4. The van der Waals surface area contributed by atoms with Crippen LogP contribution in [0.15, 0.2) is 72.8 Å². The van der Waals surface area contributed by atoms with Crippen LogP contribution in [-0.4, -0.2) is 24.3 Å². The maximum atomic E-state index is 13.0. The molecule has 0 radical (unpaired) electrons. The molecule has 1 fully saturated rings. The van der Waals surface area contributed by atoms with Crippen LogP contribution in [0.1, 0.15) is 33.5 Å². The summed E-state index contributed by atoms with van der Waals surface area (Å²) in [5.74, 6) is -1.10. The predicted molar refractivity (Wildman–Crippen MR) is 129 cm³/mol. The number of benzene rings is 3. The zero-order chi connectivity index (χ0) is 23.4. The lowest BCUT2D eigenvalue weighted by atomic mass is 10.1. The van der Waals surface area contributed by atoms with Crippen molar-refractivity contribution in [1.82, 2.24) is 5.32 Å². The molecule has 6 nitrogen and oxygen atoms in total. The highest BCUT2D eigenvalue weighted by Gasteiger charge is 2.35. The van der Waals surface area contributed by atoms with Gasteiger partial charge in [0.1, 0.15) is 0 Å². The predicted octanol–water partition coefficient (Wildman–Crippen LogP) is 4.23. The van der Waals surface area contributed by atoms with Gasteiger partial charge in [-0.3, -0.25) is 14.4 Å². The number of anilines is 2. The minimum atomic E-state index is -0.484. The highest BCUT2D eigenvalue weighted by atomic mass is 16.2. The van der Waals surface area contributed by atoms with E-state index >= 15 is 0 Å². The Balaban J connectivity index is 1.42. The van der Waals surface area contributed by atoms with E-state index in [1.807, 2.05) is 62.4 Å². The Morgan fingerprint density at radius 3 is 2.45 bits per heavy atom. The molecule has 0 unspecified atom stereocenters. The smallest absolute Gasteiger partial charge is 0.253 e. The van der Waals surface area contributed by atoms with Gasteiger partial charge in [0, 0.05) is 25.2 Å². The summed E-state index contributed by atoms with van der Waals surface area (Å²) >= 11 is 0. The Kier molecular flexibility index (Phi) is 6.54. The Morgan fingerprint density at radius 1 is 0.939 bits per heavy atom. The highest BCUT2D eigenvalue weighted by molar-refractivity contribution is 6.07. The second kappa shape index (κ2) is 9.69. The largest absolute Gasteiger partial charge is 0.348 e. The minimum absolute atomic E-state index is 0.0804. The molecule has 1 heterocycles. The number of nitrogens with one attached hydrogen (secondary N) is 2. The van der Waals surface area contributed by atoms with Crippen molar-refractivity contribution < 1.29 is 14.4 Å². The number of rotatable bonds is 6. The lowest BCUT2D eigenvalue weighted by Gasteiger charge is -2.17. The fourth-order valence-corrected chi connectivity index (χ4v) is 3.98. The summed E-state index contributed by atoms with van der Waals surface area (Å²) in [7, 11) is 0. The molecule has 0 aliphatic carbocycles. The van der Waals surface area contributed by atoms with E-state index in [1.54, 1.807) is 29.2 Å². The van der Waals surface area contributed by atoms with Gasteiger partial charge in [-0.05, 0) is 43.7 Å². The first-order valence-corrected chi connectivity index (χ1v) is 11.0. The van der Waals surface area contributed by atoms with Crippen LogP contribution < -0.4 is 15.5 Å². The second-order valence-electron chi connectivity index (χ2n) is 8.45. The zero-order valence-electron chi connectivity index (χ0n) is 18.8. The van der Waals surface area contributed by atoms with Crippen LogP contribution in [-0.2, 0) is 16.1 Å². The monoisotopic (exact) mass is 441 g/mol. The van der Waals surface area contributed by atoms with E-state index in [0.717, 1.165) is 22.4 Å². The first kappa shape index (κ1) is 22.3. The van der Waals surface area contributed by atoms with Crippen LogP contribution in [0.5, 0.6) is 0 Å². The molecular formula is C27H27N3O3. The van der Waals surface area contributed by atoms with Crippen LogP contribution in [0.3, 0.4) is 0 Å². The third-order valence-electron chi connectivity index (χ3n) is 5.81. The molecule has 1 aliphatic heterocycles. The lowest BCUT2D eigenvalue weighted by Crippen LogP contribution is -2.29. The van der Waals surface area contributed by atoms with E-state index < -0.39 is 5.92 Å². The highest BCUT2D eigenvalue weighted by Crippen LogP contribution is 2.27. The van der Waals surface area contributed by atoms with Gasteiger partial charge in [-0.1, -0.05) is 59.7 Å². The standard InChI is InChI=1S/C27H27N3O3/c1-18-10-12-22(13-11-18)30-17-21(15-25(30)31)26(32)29-24-9-4-3-8-23(24)27(33)28-16-20-7-5-6-19(2)14-20/h3-14,21H,15-17H2,1-2H3,(H,28,33)(H,29,32)/t21-/m0/s1. The summed E-state index contributed by atoms with van der Waals surface area (Å²) in [4.78, 5) is 40.0. The van der Waals surface area contributed by atoms with Gasteiger partial charge in [-0.2, -0.15) is 0 Å². The molecule has 3 aromatic carbocycles. The molecule has 3 amide bonds. The number of aryl methyl sites for hydroxylation is 2. The van der Waals surface area contributed by atoms with Crippen molar-refractivity contribution >= 4 is 29.1 Å². The Bertz CT molecular complexity index is 1190. The molecule has 168 valence electrons. The van der Waals surface area contributed by atoms with Crippen molar-refractivity contribution in [2.45, 2.75) is 26.8 Å². The molecule has 4 rings (SSSR count). The van der Waals surface area contributed by atoms with E-state index in [2.05, 4.69) is 10.6 Å². The van der Waals surface area contributed by atoms with Crippen molar-refractivity contribution in [3.05, 3.63) is 95.1 Å². The fraction of sp³-hybridized carbons (Fsp3) is 0.222. The number of carbonyl (C=O) groups excluding carboxylic acids is 3. The third-order valence-corrected chi connectivity index (χ3v) is 5.81. The molecule has 6 heteroatoms. The van der Waals surface area contributed by atoms with Gasteiger partial charge in [-0.15, -0.1) is 0 Å². The van der Waals surface area contributed by atoms with Crippen LogP contribution in [0.2, 0.25) is 0 Å². The number of para-hydroxylation sites is 1. The molecule has 33 heavy (non-hydrogen) atoms. The maximum Gasteiger partial charge on any atom is 0.253 e. The Morgan fingerprint density at radius 2 is 1.70 bits per heavy atom. The summed E-state index contributed by atoms with van der Waals surface area (Å²) in [6.07, 6.45) is 0.140. The molecular weight excluding hydrogens is 414 g/mol. The third kappa shape index (κ3) is 5.29. The lowest BCUT2D eigenvalue weighted by molar-refractivity contribution is -0.122. The van der Waals surface area contributed by atoms with E-state index in [-0.39, 0.29) is 24.1 Å². The van der Waals surface area contributed by atoms with Gasteiger partial charge in [0.15, 0.2) is 0 Å². The van der Waals surface area contributed by atoms with E-state index in [0.29, 0.717) is 24.3 Å². The van der Waals surface area contributed by atoms with Gasteiger partial charge >= 0.3 is 0 Å². The molecule has 0 saturated carbocycles. The summed E-state index contributed by atoms with van der Waals surface area (Å²) in [6.45, 7) is 4.70. The van der Waals surface area contributed by atoms with Crippen molar-refractivity contribution in [2.75, 3.05) is 16.8 Å². The van der Waals surface area contributed by atoms with E-state index in [1.165, 1.54) is 0 Å². The molecule has 1 atom stereocenters. The molecule has 2 N–H and O–H groups in total. The maximum absolute atomic E-state index is 13.0. The number of amides is 3. The van der Waals surface area contributed by atoms with Crippen LogP contribution in [0.4, 0.5) is 11.4 Å². The second-order valence-corrected chi connectivity index (χ2v) is 8.45. The van der Waals surface area contributed by atoms with Crippen molar-refractivity contribution in [2.24, 2.45) is 5.92 Å². The summed E-state index contributed by atoms with van der Waals surface area (Å²) < 4.78 is 0. The zero-order valence-corrected chi connectivity index (χ0v) is 18.8. The van der Waals surface area contributed by atoms with Crippen LogP contribution in [0, 0.1) is 19.8 Å². The van der Waals surface area contributed by atoms with Gasteiger partial charge in [0.25, 0.3) is 5.91 Å². The van der Waals surface area contributed by atoms with Gasteiger partial charge in [0.05, 0.1) is 17.2 Å². The number of hydrogen-bond acceptors (Lipinski definition) is 3. The van der Waals surface area contributed by atoms with E-state index in [4.69, 9.17) is 0 Å². The SMILES string of the molecule is Cc1ccc(N2C[C@@H](C(=O)Nc3ccccc3C(=O)NCc3cccc(C)c3)CC2=O)cc1. The van der Waals surface area contributed by atoms with Crippen molar-refractivity contribution in [3.63, 3.8) is 0 Å². The number of hydrogen-bond donors (Lipinski definition) is 2. The average Bonchev–Trinajstić information content (AvgIpc) is 3.20. The van der Waals surface area contributed by atoms with Crippen molar-refractivity contribution in [1.29, 1.82) is 0 Å². The molecule has 3 aromatic rings. The van der Waals surface area contributed by atoms with Gasteiger partial charge < -0.3 is 15.5 Å². The number of nitrogens with zero attached hydrogens (tertiary/aromatic N) is 1. The summed E-state index contributed by atoms with van der Waals surface area (Å²) in [5.41, 5.74) is 4.85. The molecule has 1 aliphatic rings. The fourth-order valence-electron chi connectivity index (χ4n) is 3.98. The molecule has 1 saturated heterocycles. The number of carbonyl (C=O) groups is 3. The van der Waals surface area contributed by atoms with E-state index in [9.17, 15) is 14.4 Å². The first-order chi connectivity index (χ1) is 15.9. The average molecular weight is 442 g/mol. The quantitative estimate of drug-likeness (QED) is 0.601. The van der Waals surface area contributed by atoms with Crippen LogP contribution in [0.25, 0.3) is 0 Å². The Hall–Kier alpha value is -3.93. The van der Waals surface area contributed by atoms with Crippen molar-refractivity contribution in [3.8, 4) is 0 Å². The topological polar surface area (TPSA) is 78.5 Å².